The van der Waals surface area contributed by atoms with Crippen molar-refractivity contribution in [1.29, 1.82) is 0 Å². The molecule has 0 spiro atoms. The van der Waals surface area contributed by atoms with E-state index in [-0.39, 0.29) is 0 Å². The SMILES string of the molecule is CC1(O)OC(=O)CC(O)C(=O)O1. The zero-order valence-corrected chi connectivity index (χ0v) is 6.31. The van der Waals surface area contributed by atoms with Gasteiger partial charge in [-0.2, -0.15) is 0 Å². The Balaban J connectivity index is 2.80. The summed E-state index contributed by atoms with van der Waals surface area (Å²) in [6.45, 7) is 0.987. The van der Waals surface area contributed by atoms with Crippen molar-refractivity contribution in [1.82, 2.24) is 0 Å². The molecule has 6 heteroatoms. The van der Waals surface area contributed by atoms with Gasteiger partial charge in [-0.15, -0.1) is 0 Å². The maximum Gasteiger partial charge on any atom is 0.370 e. The zero-order valence-electron chi connectivity index (χ0n) is 6.31. The standard InChI is InChI=1S/C6H8O6/c1-6(10)11-4(8)2-3(7)5(9)12-6/h3,7,10H,2H2,1H3. The summed E-state index contributed by atoms with van der Waals surface area (Å²) in [7, 11) is 0. The Morgan fingerprint density at radius 1 is 1.50 bits per heavy atom. The summed E-state index contributed by atoms with van der Waals surface area (Å²) in [5.41, 5.74) is 0. The Morgan fingerprint density at radius 2 is 2.08 bits per heavy atom. The first kappa shape index (κ1) is 8.95. The minimum Gasteiger partial charge on any atom is -0.398 e. The highest BCUT2D eigenvalue weighted by atomic mass is 16.8. The predicted molar refractivity (Wildman–Crippen MR) is 33.4 cm³/mol. The Morgan fingerprint density at radius 3 is 2.67 bits per heavy atom. The van der Waals surface area contributed by atoms with Crippen LogP contribution in [0.1, 0.15) is 13.3 Å². The molecule has 1 fully saturated rings. The van der Waals surface area contributed by atoms with Crippen LogP contribution in [0.4, 0.5) is 0 Å². The molecule has 12 heavy (non-hydrogen) atoms. The smallest absolute Gasteiger partial charge is 0.370 e. The van der Waals surface area contributed by atoms with Crippen molar-refractivity contribution in [3.63, 3.8) is 0 Å². The number of rotatable bonds is 0. The van der Waals surface area contributed by atoms with E-state index in [1.54, 1.807) is 0 Å². The molecule has 2 N–H and O–H groups in total. The molecule has 1 aliphatic rings. The average molecular weight is 176 g/mol. The van der Waals surface area contributed by atoms with Crippen LogP contribution in [0.2, 0.25) is 0 Å². The van der Waals surface area contributed by atoms with Gasteiger partial charge in [0.25, 0.3) is 0 Å². The fourth-order valence-corrected chi connectivity index (χ4v) is 0.770. The Bertz CT molecular complexity index is 220. The molecule has 0 aromatic heterocycles. The first-order valence-electron chi connectivity index (χ1n) is 3.26. The third kappa shape index (κ3) is 1.93. The van der Waals surface area contributed by atoms with Gasteiger partial charge in [-0.1, -0.05) is 0 Å². The fraction of sp³-hybridized carbons (Fsp3) is 0.667. The van der Waals surface area contributed by atoms with Crippen molar-refractivity contribution < 1.29 is 29.3 Å². The maximum absolute atomic E-state index is 10.7. The molecule has 0 radical (unpaired) electrons. The lowest BCUT2D eigenvalue weighted by molar-refractivity contribution is -0.310. The lowest BCUT2D eigenvalue weighted by atomic mass is 10.3. The van der Waals surface area contributed by atoms with E-state index in [1.807, 2.05) is 0 Å². The summed E-state index contributed by atoms with van der Waals surface area (Å²) < 4.78 is 8.46. The van der Waals surface area contributed by atoms with E-state index < -0.39 is 30.4 Å². The number of esters is 2. The maximum atomic E-state index is 10.7. The molecule has 1 saturated heterocycles. The van der Waals surface area contributed by atoms with Gasteiger partial charge in [0.2, 0.25) is 0 Å². The van der Waals surface area contributed by atoms with Crippen LogP contribution < -0.4 is 0 Å². The van der Waals surface area contributed by atoms with Gasteiger partial charge in [-0.3, -0.25) is 4.79 Å². The number of cyclic esters (lactones) is 2. The molecule has 0 aromatic carbocycles. The van der Waals surface area contributed by atoms with Crippen molar-refractivity contribution in [2.24, 2.45) is 0 Å². The highest BCUT2D eigenvalue weighted by Crippen LogP contribution is 2.16. The van der Waals surface area contributed by atoms with Crippen LogP contribution >= 0.6 is 0 Å². The number of hydrogen-bond acceptors (Lipinski definition) is 6. The number of hydrogen-bond donors (Lipinski definition) is 2. The first-order valence-corrected chi connectivity index (χ1v) is 3.26. The lowest BCUT2D eigenvalue weighted by Gasteiger charge is -2.19. The second-order valence-electron chi connectivity index (χ2n) is 2.51. The van der Waals surface area contributed by atoms with Gasteiger partial charge < -0.3 is 19.7 Å². The molecular formula is C6H8O6. The second-order valence-corrected chi connectivity index (χ2v) is 2.51. The molecular weight excluding hydrogens is 168 g/mol. The molecule has 1 heterocycles. The molecule has 68 valence electrons. The summed E-state index contributed by atoms with van der Waals surface area (Å²) >= 11 is 0. The molecule has 0 aliphatic carbocycles. The summed E-state index contributed by atoms with van der Waals surface area (Å²) in [4.78, 5) is 21.4. The van der Waals surface area contributed by atoms with Crippen LogP contribution in [0, 0.1) is 0 Å². The lowest BCUT2D eigenvalue weighted by Crippen LogP contribution is -2.35. The number of aliphatic hydroxyl groups excluding tert-OH is 1. The molecule has 1 rings (SSSR count). The van der Waals surface area contributed by atoms with Gasteiger partial charge in [-0.25, -0.2) is 4.79 Å². The summed E-state index contributed by atoms with van der Waals surface area (Å²) in [5.74, 6) is -4.24. The Kier molecular flexibility index (Phi) is 2.03. The zero-order chi connectivity index (χ0) is 9.35. The monoisotopic (exact) mass is 176 g/mol. The van der Waals surface area contributed by atoms with Gasteiger partial charge in [0.1, 0.15) is 0 Å². The summed E-state index contributed by atoms with van der Waals surface area (Å²) in [6, 6.07) is 0. The molecule has 6 nitrogen and oxygen atoms in total. The number of aliphatic hydroxyl groups is 2. The largest absolute Gasteiger partial charge is 0.398 e. The molecule has 0 saturated carbocycles. The Labute approximate surface area is 67.7 Å². The minimum absolute atomic E-state index is 0.505. The third-order valence-corrected chi connectivity index (χ3v) is 1.23. The van der Waals surface area contributed by atoms with Crippen LogP contribution in [-0.2, 0) is 19.1 Å². The molecule has 0 bridgehead atoms. The van der Waals surface area contributed by atoms with Crippen LogP contribution in [0.5, 0.6) is 0 Å². The summed E-state index contributed by atoms with van der Waals surface area (Å²) in [5, 5.41) is 17.9. The normalized spacial score (nSPS) is 36.8. The van der Waals surface area contributed by atoms with Gasteiger partial charge in [0.15, 0.2) is 6.10 Å². The van der Waals surface area contributed by atoms with E-state index in [0.29, 0.717) is 0 Å². The van der Waals surface area contributed by atoms with Crippen LogP contribution in [0.25, 0.3) is 0 Å². The number of carbonyl (C=O) groups is 2. The van der Waals surface area contributed by atoms with Crippen molar-refractivity contribution >= 4 is 11.9 Å². The third-order valence-electron chi connectivity index (χ3n) is 1.23. The average Bonchev–Trinajstić information content (AvgIpc) is 1.89. The van der Waals surface area contributed by atoms with E-state index in [1.165, 1.54) is 0 Å². The van der Waals surface area contributed by atoms with E-state index >= 15 is 0 Å². The van der Waals surface area contributed by atoms with Gasteiger partial charge >= 0.3 is 17.9 Å². The quantitative estimate of drug-likeness (QED) is 0.436. The van der Waals surface area contributed by atoms with Crippen molar-refractivity contribution in [2.75, 3.05) is 0 Å². The van der Waals surface area contributed by atoms with Crippen LogP contribution in [-0.4, -0.2) is 34.2 Å². The second kappa shape index (κ2) is 2.72. The van der Waals surface area contributed by atoms with E-state index in [9.17, 15) is 9.59 Å². The summed E-state index contributed by atoms with van der Waals surface area (Å²) in [6.07, 6.45) is -2.07. The van der Waals surface area contributed by atoms with E-state index in [2.05, 4.69) is 9.47 Å². The molecule has 0 amide bonds. The number of carbonyl (C=O) groups excluding carboxylic acids is 2. The Hall–Kier alpha value is -1.14. The fourth-order valence-electron chi connectivity index (χ4n) is 0.770. The highest BCUT2D eigenvalue weighted by Gasteiger charge is 2.38. The topological polar surface area (TPSA) is 93.1 Å². The van der Waals surface area contributed by atoms with Crippen LogP contribution in [0.15, 0.2) is 0 Å². The van der Waals surface area contributed by atoms with Gasteiger partial charge in [0, 0.05) is 6.92 Å². The van der Waals surface area contributed by atoms with E-state index in [4.69, 9.17) is 10.2 Å². The van der Waals surface area contributed by atoms with Crippen LogP contribution in [0.3, 0.4) is 0 Å². The van der Waals surface area contributed by atoms with Gasteiger partial charge in [-0.05, 0) is 0 Å². The van der Waals surface area contributed by atoms with Crippen molar-refractivity contribution in [2.45, 2.75) is 25.4 Å². The molecule has 2 unspecified atom stereocenters. The first-order chi connectivity index (χ1) is 5.41. The van der Waals surface area contributed by atoms with Crippen molar-refractivity contribution in [3.8, 4) is 0 Å². The minimum atomic E-state index is -2.27. The molecule has 2 atom stereocenters. The molecule has 0 aromatic rings. The molecule has 1 aliphatic heterocycles. The van der Waals surface area contributed by atoms with Crippen molar-refractivity contribution in [3.05, 3.63) is 0 Å². The highest BCUT2D eigenvalue weighted by molar-refractivity contribution is 5.83. The van der Waals surface area contributed by atoms with Gasteiger partial charge in [0.05, 0.1) is 6.42 Å². The number of ether oxygens (including phenoxy) is 2. The van der Waals surface area contributed by atoms with E-state index in [0.717, 1.165) is 6.92 Å². The predicted octanol–water partition coefficient (Wildman–Crippen LogP) is -1.50.